The molecule has 2 rings (SSSR count). The molecule has 1 unspecified atom stereocenters. The van der Waals surface area contributed by atoms with Gasteiger partial charge in [-0.05, 0) is 37.1 Å². The maximum atomic E-state index is 13.0. The zero-order valence-corrected chi connectivity index (χ0v) is 10.9. The van der Waals surface area contributed by atoms with Crippen molar-refractivity contribution in [2.24, 2.45) is 5.92 Å². The molecule has 0 spiro atoms. The van der Waals surface area contributed by atoms with E-state index >= 15 is 0 Å². The molecule has 1 aliphatic rings. The van der Waals surface area contributed by atoms with E-state index in [2.05, 4.69) is 5.32 Å². The smallest absolute Gasteiger partial charge is 0.124 e. The van der Waals surface area contributed by atoms with Gasteiger partial charge in [-0.1, -0.05) is 43.4 Å². The van der Waals surface area contributed by atoms with E-state index in [1.54, 1.807) is 6.07 Å². The summed E-state index contributed by atoms with van der Waals surface area (Å²) in [4.78, 5) is 0. The number of halogens is 2. The Morgan fingerprint density at radius 1 is 1.41 bits per heavy atom. The molecule has 17 heavy (non-hydrogen) atoms. The van der Waals surface area contributed by atoms with Crippen LogP contribution in [0.4, 0.5) is 4.39 Å². The van der Waals surface area contributed by atoms with Gasteiger partial charge in [0.05, 0.1) is 0 Å². The van der Waals surface area contributed by atoms with Crippen molar-refractivity contribution in [2.45, 2.75) is 38.1 Å². The minimum absolute atomic E-state index is 0.242. The molecular weight excluding hydrogens is 237 g/mol. The maximum absolute atomic E-state index is 13.0. The molecule has 1 aromatic rings. The fraction of sp³-hybridized carbons (Fsp3) is 0.571. The van der Waals surface area contributed by atoms with Gasteiger partial charge in [0.25, 0.3) is 0 Å². The van der Waals surface area contributed by atoms with Gasteiger partial charge in [-0.3, -0.25) is 0 Å². The topological polar surface area (TPSA) is 12.0 Å². The molecule has 0 saturated heterocycles. The summed E-state index contributed by atoms with van der Waals surface area (Å²) in [6.45, 7) is 0. The average molecular weight is 256 g/mol. The van der Waals surface area contributed by atoms with Crippen molar-refractivity contribution < 1.29 is 4.39 Å². The molecule has 1 N–H and O–H groups in total. The van der Waals surface area contributed by atoms with Crippen molar-refractivity contribution in [2.75, 3.05) is 7.05 Å². The normalized spacial score (nSPS) is 18.5. The van der Waals surface area contributed by atoms with Crippen LogP contribution in [-0.4, -0.2) is 7.05 Å². The first-order valence-electron chi connectivity index (χ1n) is 6.33. The standard InChI is InChI=1S/C14H19ClFN/c1-17-14(8-10-4-2-3-5-10)12-7-6-11(16)9-13(12)15/h6-7,9-10,14,17H,2-5,8H2,1H3. The van der Waals surface area contributed by atoms with Gasteiger partial charge in [0.2, 0.25) is 0 Å². The lowest BCUT2D eigenvalue weighted by Crippen LogP contribution is -2.19. The Bertz CT molecular complexity index is 374. The SMILES string of the molecule is CNC(CC1CCCC1)c1ccc(F)cc1Cl. The molecule has 3 heteroatoms. The molecule has 1 saturated carbocycles. The van der Waals surface area contributed by atoms with Crippen LogP contribution in [0.15, 0.2) is 18.2 Å². The van der Waals surface area contributed by atoms with Gasteiger partial charge in [-0.25, -0.2) is 4.39 Å². The summed E-state index contributed by atoms with van der Waals surface area (Å²) in [5.74, 6) is 0.517. The number of hydrogen-bond acceptors (Lipinski definition) is 1. The van der Waals surface area contributed by atoms with Crippen molar-refractivity contribution in [3.63, 3.8) is 0 Å². The molecule has 0 radical (unpaired) electrons. The third kappa shape index (κ3) is 3.20. The van der Waals surface area contributed by atoms with Gasteiger partial charge in [0.15, 0.2) is 0 Å². The molecule has 0 amide bonds. The third-order valence-corrected chi connectivity index (χ3v) is 4.06. The molecular formula is C14H19ClFN. The fourth-order valence-corrected chi connectivity index (χ4v) is 3.06. The minimum atomic E-state index is -0.269. The van der Waals surface area contributed by atoms with Crippen molar-refractivity contribution in [1.29, 1.82) is 0 Å². The summed E-state index contributed by atoms with van der Waals surface area (Å²) in [6.07, 6.45) is 6.42. The highest BCUT2D eigenvalue weighted by molar-refractivity contribution is 6.31. The van der Waals surface area contributed by atoms with Crippen LogP contribution in [0, 0.1) is 11.7 Å². The second-order valence-electron chi connectivity index (χ2n) is 4.89. The van der Waals surface area contributed by atoms with Crippen LogP contribution in [-0.2, 0) is 0 Å². The van der Waals surface area contributed by atoms with E-state index in [4.69, 9.17) is 11.6 Å². The lowest BCUT2D eigenvalue weighted by molar-refractivity contribution is 0.413. The lowest BCUT2D eigenvalue weighted by atomic mass is 9.93. The molecule has 0 aliphatic heterocycles. The summed E-state index contributed by atoms with van der Waals surface area (Å²) in [7, 11) is 1.94. The number of benzene rings is 1. The van der Waals surface area contributed by atoms with E-state index in [0.717, 1.165) is 17.9 Å². The van der Waals surface area contributed by atoms with Gasteiger partial charge in [0.1, 0.15) is 5.82 Å². The van der Waals surface area contributed by atoms with E-state index in [1.807, 2.05) is 7.05 Å². The Morgan fingerprint density at radius 3 is 2.71 bits per heavy atom. The van der Waals surface area contributed by atoms with Crippen LogP contribution in [0.5, 0.6) is 0 Å². The molecule has 0 aromatic heterocycles. The first-order valence-corrected chi connectivity index (χ1v) is 6.70. The van der Waals surface area contributed by atoms with Gasteiger partial charge in [-0.15, -0.1) is 0 Å². The van der Waals surface area contributed by atoms with Crippen molar-refractivity contribution >= 4 is 11.6 Å². The first-order chi connectivity index (χ1) is 8.20. The second kappa shape index (κ2) is 5.83. The van der Waals surface area contributed by atoms with Crippen molar-refractivity contribution in [3.8, 4) is 0 Å². The molecule has 1 fully saturated rings. The van der Waals surface area contributed by atoms with Crippen molar-refractivity contribution in [1.82, 2.24) is 5.32 Å². The monoisotopic (exact) mass is 255 g/mol. The van der Waals surface area contributed by atoms with Gasteiger partial charge in [-0.2, -0.15) is 0 Å². The molecule has 1 aromatic carbocycles. The predicted molar refractivity (Wildman–Crippen MR) is 69.8 cm³/mol. The van der Waals surface area contributed by atoms with E-state index in [-0.39, 0.29) is 11.9 Å². The van der Waals surface area contributed by atoms with Crippen LogP contribution in [0.2, 0.25) is 5.02 Å². The highest BCUT2D eigenvalue weighted by atomic mass is 35.5. The van der Waals surface area contributed by atoms with Crippen LogP contribution in [0.25, 0.3) is 0 Å². The number of hydrogen-bond donors (Lipinski definition) is 1. The highest BCUT2D eigenvalue weighted by Crippen LogP contribution is 2.35. The fourth-order valence-electron chi connectivity index (χ4n) is 2.76. The van der Waals surface area contributed by atoms with Crippen LogP contribution >= 0.6 is 11.6 Å². The van der Waals surface area contributed by atoms with Crippen LogP contribution < -0.4 is 5.32 Å². The molecule has 1 aliphatic carbocycles. The molecule has 0 bridgehead atoms. The van der Waals surface area contributed by atoms with Crippen molar-refractivity contribution in [3.05, 3.63) is 34.6 Å². The molecule has 0 heterocycles. The zero-order chi connectivity index (χ0) is 12.3. The van der Waals surface area contributed by atoms with Crippen LogP contribution in [0.3, 0.4) is 0 Å². The Morgan fingerprint density at radius 2 is 2.12 bits per heavy atom. The van der Waals surface area contributed by atoms with E-state index in [0.29, 0.717) is 5.02 Å². The Kier molecular flexibility index (Phi) is 4.41. The second-order valence-corrected chi connectivity index (χ2v) is 5.30. The molecule has 1 atom stereocenters. The summed E-state index contributed by atoms with van der Waals surface area (Å²) in [5.41, 5.74) is 1.02. The Balaban J connectivity index is 2.10. The average Bonchev–Trinajstić information content (AvgIpc) is 2.79. The van der Waals surface area contributed by atoms with Gasteiger partial charge < -0.3 is 5.32 Å². The predicted octanol–water partition coefficient (Wildman–Crippen LogP) is 4.32. The minimum Gasteiger partial charge on any atom is -0.313 e. The highest BCUT2D eigenvalue weighted by Gasteiger charge is 2.21. The summed E-state index contributed by atoms with van der Waals surface area (Å²) < 4.78 is 13.0. The Hall–Kier alpha value is -0.600. The van der Waals surface area contributed by atoms with E-state index < -0.39 is 0 Å². The summed E-state index contributed by atoms with van der Waals surface area (Å²) in [6, 6.07) is 4.93. The van der Waals surface area contributed by atoms with Gasteiger partial charge in [0, 0.05) is 11.1 Å². The lowest BCUT2D eigenvalue weighted by Gasteiger charge is -2.21. The Labute approximate surface area is 107 Å². The third-order valence-electron chi connectivity index (χ3n) is 3.73. The van der Waals surface area contributed by atoms with E-state index in [9.17, 15) is 4.39 Å². The summed E-state index contributed by atoms with van der Waals surface area (Å²) in [5, 5.41) is 3.83. The molecule has 94 valence electrons. The quantitative estimate of drug-likeness (QED) is 0.845. The zero-order valence-electron chi connectivity index (χ0n) is 10.2. The largest absolute Gasteiger partial charge is 0.313 e. The van der Waals surface area contributed by atoms with Crippen LogP contribution in [0.1, 0.15) is 43.7 Å². The number of rotatable bonds is 4. The summed E-state index contributed by atoms with van der Waals surface area (Å²) >= 11 is 6.11. The molecule has 1 nitrogen and oxygen atoms in total. The van der Waals surface area contributed by atoms with Gasteiger partial charge >= 0.3 is 0 Å². The number of nitrogens with one attached hydrogen (secondary N) is 1. The first kappa shape index (κ1) is 12.8. The maximum Gasteiger partial charge on any atom is 0.124 e. The van der Waals surface area contributed by atoms with E-state index in [1.165, 1.54) is 37.8 Å².